The average Bonchev–Trinajstić information content (AvgIpc) is 2.33. The van der Waals surface area contributed by atoms with E-state index in [0.29, 0.717) is 17.9 Å². The van der Waals surface area contributed by atoms with Gasteiger partial charge in [-0.15, -0.1) is 0 Å². The van der Waals surface area contributed by atoms with Crippen LogP contribution in [-0.2, 0) is 11.3 Å². The molecule has 0 saturated carbocycles. The summed E-state index contributed by atoms with van der Waals surface area (Å²) in [7, 11) is 0. The monoisotopic (exact) mass is 249 g/mol. The zero-order valence-corrected chi connectivity index (χ0v) is 11.5. The summed E-state index contributed by atoms with van der Waals surface area (Å²) in [5.74, 6) is 0.415. The lowest BCUT2D eigenvalue weighted by Crippen LogP contribution is -2.37. The smallest absolute Gasteiger partial charge is 0.121 e. The molecule has 1 aromatic carbocycles. The maximum Gasteiger partial charge on any atom is 0.121 e. The van der Waals surface area contributed by atoms with Gasteiger partial charge < -0.3 is 15.2 Å². The van der Waals surface area contributed by atoms with Crippen LogP contribution in [-0.4, -0.2) is 23.9 Å². The molecule has 1 saturated heterocycles. The first-order valence-electron chi connectivity index (χ1n) is 6.70. The van der Waals surface area contributed by atoms with Crippen LogP contribution in [0.4, 0.5) is 0 Å². The topological polar surface area (TPSA) is 41.5 Å². The van der Waals surface area contributed by atoms with E-state index in [0.717, 1.165) is 37.1 Å². The van der Waals surface area contributed by atoms with E-state index in [-0.39, 0.29) is 0 Å². The Kier molecular flexibility index (Phi) is 4.25. The molecule has 0 radical (unpaired) electrons. The number of aromatic hydroxyl groups is 1. The summed E-state index contributed by atoms with van der Waals surface area (Å²) >= 11 is 0. The zero-order valence-electron chi connectivity index (χ0n) is 11.5. The maximum atomic E-state index is 9.75. The fourth-order valence-corrected chi connectivity index (χ4v) is 2.59. The molecule has 1 heterocycles. The van der Waals surface area contributed by atoms with E-state index >= 15 is 0 Å². The van der Waals surface area contributed by atoms with Gasteiger partial charge >= 0.3 is 0 Å². The van der Waals surface area contributed by atoms with Crippen LogP contribution in [0, 0.1) is 13.8 Å². The summed E-state index contributed by atoms with van der Waals surface area (Å²) < 4.78 is 5.54. The van der Waals surface area contributed by atoms with Crippen LogP contribution in [0.2, 0.25) is 0 Å². The Morgan fingerprint density at radius 2 is 2.00 bits per heavy atom. The van der Waals surface area contributed by atoms with Crippen LogP contribution in [0.1, 0.15) is 36.5 Å². The van der Waals surface area contributed by atoms with E-state index < -0.39 is 0 Å². The van der Waals surface area contributed by atoms with Crippen molar-refractivity contribution < 1.29 is 9.84 Å². The average molecular weight is 249 g/mol. The highest BCUT2D eigenvalue weighted by Gasteiger charge is 2.18. The standard InChI is InChI=1S/C15H23NO2/c1-10-6-13(7-11(2)15(10)17)9-16-14-4-5-18-12(3)8-14/h6-7,12,14,16-17H,4-5,8-9H2,1-3H3. The molecule has 1 fully saturated rings. The minimum atomic E-state index is 0.361. The van der Waals surface area contributed by atoms with Crippen molar-refractivity contribution in [1.29, 1.82) is 0 Å². The van der Waals surface area contributed by atoms with Gasteiger partial charge in [0, 0.05) is 19.2 Å². The second-order valence-corrected chi connectivity index (χ2v) is 5.36. The molecule has 3 heteroatoms. The predicted octanol–water partition coefficient (Wildman–Crippen LogP) is 2.67. The lowest BCUT2D eigenvalue weighted by atomic mass is 10.0. The first-order chi connectivity index (χ1) is 8.56. The summed E-state index contributed by atoms with van der Waals surface area (Å²) in [6, 6.07) is 4.65. The summed E-state index contributed by atoms with van der Waals surface area (Å²) in [5, 5.41) is 13.3. The summed E-state index contributed by atoms with van der Waals surface area (Å²) in [6.07, 6.45) is 2.52. The van der Waals surface area contributed by atoms with Gasteiger partial charge in [-0.1, -0.05) is 12.1 Å². The molecule has 2 N–H and O–H groups in total. The number of phenolic OH excluding ortho intramolecular Hbond substituents is 1. The molecule has 18 heavy (non-hydrogen) atoms. The lowest BCUT2D eigenvalue weighted by molar-refractivity contribution is 0.0130. The van der Waals surface area contributed by atoms with Crippen molar-refractivity contribution in [3.05, 3.63) is 28.8 Å². The van der Waals surface area contributed by atoms with Crippen LogP contribution >= 0.6 is 0 Å². The third kappa shape index (κ3) is 3.24. The number of aryl methyl sites for hydroxylation is 2. The van der Waals surface area contributed by atoms with Gasteiger partial charge in [-0.05, 0) is 50.3 Å². The van der Waals surface area contributed by atoms with E-state index in [4.69, 9.17) is 4.74 Å². The number of rotatable bonds is 3. The molecule has 0 aliphatic carbocycles. The second kappa shape index (κ2) is 5.72. The SMILES string of the molecule is Cc1cc(CNC2CCOC(C)C2)cc(C)c1O. The largest absolute Gasteiger partial charge is 0.507 e. The van der Waals surface area contributed by atoms with Gasteiger partial charge in [0.2, 0.25) is 0 Å². The van der Waals surface area contributed by atoms with Crippen molar-refractivity contribution in [2.45, 2.75) is 52.3 Å². The molecule has 1 aromatic rings. The van der Waals surface area contributed by atoms with E-state index in [1.807, 2.05) is 13.8 Å². The van der Waals surface area contributed by atoms with E-state index in [9.17, 15) is 5.11 Å². The van der Waals surface area contributed by atoms with Gasteiger partial charge in [-0.25, -0.2) is 0 Å². The Labute approximate surface area is 109 Å². The third-order valence-electron chi connectivity index (χ3n) is 3.63. The molecule has 3 nitrogen and oxygen atoms in total. The molecule has 1 aliphatic heterocycles. The number of benzene rings is 1. The van der Waals surface area contributed by atoms with Gasteiger partial charge in [0.15, 0.2) is 0 Å². The maximum absolute atomic E-state index is 9.75. The highest BCUT2D eigenvalue weighted by atomic mass is 16.5. The van der Waals surface area contributed by atoms with E-state index in [1.165, 1.54) is 5.56 Å². The number of hydrogen-bond donors (Lipinski definition) is 2. The normalized spacial score (nSPS) is 24.2. The van der Waals surface area contributed by atoms with Crippen LogP contribution in [0.3, 0.4) is 0 Å². The molecule has 0 aromatic heterocycles. The van der Waals surface area contributed by atoms with Crippen molar-refractivity contribution >= 4 is 0 Å². The predicted molar refractivity (Wildman–Crippen MR) is 72.9 cm³/mol. The summed E-state index contributed by atoms with van der Waals surface area (Å²) in [5.41, 5.74) is 3.14. The quantitative estimate of drug-likeness (QED) is 0.865. The summed E-state index contributed by atoms with van der Waals surface area (Å²) in [4.78, 5) is 0. The Morgan fingerprint density at radius 3 is 2.61 bits per heavy atom. The Hall–Kier alpha value is -1.06. The molecule has 0 amide bonds. The molecule has 2 atom stereocenters. The number of phenols is 1. The van der Waals surface area contributed by atoms with Crippen molar-refractivity contribution in [3.63, 3.8) is 0 Å². The van der Waals surface area contributed by atoms with E-state index in [2.05, 4.69) is 24.4 Å². The number of ether oxygens (including phenoxy) is 1. The number of nitrogens with one attached hydrogen (secondary N) is 1. The van der Waals surface area contributed by atoms with Crippen LogP contribution in [0.25, 0.3) is 0 Å². The fourth-order valence-electron chi connectivity index (χ4n) is 2.59. The van der Waals surface area contributed by atoms with E-state index in [1.54, 1.807) is 0 Å². The first kappa shape index (κ1) is 13.4. The van der Waals surface area contributed by atoms with Crippen molar-refractivity contribution in [1.82, 2.24) is 5.32 Å². The highest BCUT2D eigenvalue weighted by molar-refractivity contribution is 5.42. The van der Waals surface area contributed by atoms with Gasteiger partial charge in [-0.2, -0.15) is 0 Å². The van der Waals surface area contributed by atoms with Crippen molar-refractivity contribution in [2.75, 3.05) is 6.61 Å². The van der Waals surface area contributed by atoms with Gasteiger partial charge in [0.1, 0.15) is 5.75 Å². The van der Waals surface area contributed by atoms with Crippen molar-refractivity contribution in [2.24, 2.45) is 0 Å². The molecule has 0 spiro atoms. The van der Waals surface area contributed by atoms with Crippen LogP contribution in [0.5, 0.6) is 5.75 Å². The molecule has 100 valence electrons. The number of hydrogen-bond acceptors (Lipinski definition) is 3. The van der Waals surface area contributed by atoms with Crippen molar-refractivity contribution in [3.8, 4) is 5.75 Å². The molecule has 0 bridgehead atoms. The first-order valence-corrected chi connectivity index (χ1v) is 6.70. The minimum absolute atomic E-state index is 0.361. The molecule has 2 unspecified atom stereocenters. The van der Waals surface area contributed by atoms with Gasteiger partial charge in [0.05, 0.1) is 6.10 Å². The van der Waals surface area contributed by atoms with Gasteiger partial charge in [-0.3, -0.25) is 0 Å². The molecule has 1 aliphatic rings. The third-order valence-corrected chi connectivity index (χ3v) is 3.63. The summed E-state index contributed by atoms with van der Waals surface area (Å²) in [6.45, 7) is 7.74. The fraction of sp³-hybridized carbons (Fsp3) is 0.600. The Bertz CT molecular complexity index is 394. The zero-order chi connectivity index (χ0) is 13.1. The highest BCUT2D eigenvalue weighted by Crippen LogP contribution is 2.23. The molecule has 2 rings (SSSR count). The second-order valence-electron chi connectivity index (χ2n) is 5.36. The molecular formula is C15H23NO2. The Morgan fingerprint density at radius 1 is 1.33 bits per heavy atom. The minimum Gasteiger partial charge on any atom is -0.507 e. The Balaban J connectivity index is 1.94. The van der Waals surface area contributed by atoms with Crippen LogP contribution < -0.4 is 5.32 Å². The molecular weight excluding hydrogens is 226 g/mol. The van der Waals surface area contributed by atoms with Crippen LogP contribution in [0.15, 0.2) is 12.1 Å². The van der Waals surface area contributed by atoms with Gasteiger partial charge in [0.25, 0.3) is 0 Å². The lowest BCUT2D eigenvalue weighted by Gasteiger charge is -2.28.